The minimum atomic E-state index is -0.501. The van der Waals surface area contributed by atoms with Gasteiger partial charge in [-0.2, -0.15) is 5.26 Å². The Hall–Kier alpha value is -1.24. The molecule has 0 aliphatic heterocycles. The van der Waals surface area contributed by atoms with Crippen LogP contribution < -0.4 is 4.74 Å². The first-order chi connectivity index (χ1) is 8.31. The van der Waals surface area contributed by atoms with Crippen LogP contribution in [0.25, 0.3) is 0 Å². The molecule has 0 N–H and O–H groups in total. The average Bonchev–Trinajstić information content (AvgIpc) is 2.33. The van der Waals surface area contributed by atoms with Crippen molar-refractivity contribution >= 4 is 11.6 Å². The van der Waals surface area contributed by atoms with Crippen LogP contribution in [0.2, 0.25) is 5.02 Å². The van der Waals surface area contributed by atoms with E-state index in [4.69, 9.17) is 21.6 Å². The molecule has 0 saturated carbocycles. The normalized spacial score (nSPS) is 11.4. The summed E-state index contributed by atoms with van der Waals surface area (Å²) < 4.78 is 5.18. The number of nitrogens with zero attached hydrogens (tertiary/aromatic N) is 2. The van der Waals surface area contributed by atoms with Gasteiger partial charge in [0, 0.05) is 6.54 Å². The zero-order valence-corrected chi connectivity index (χ0v) is 12.3. The fourth-order valence-corrected chi connectivity index (χ4v) is 1.82. The van der Waals surface area contributed by atoms with E-state index in [0.29, 0.717) is 17.3 Å². The van der Waals surface area contributed by atoms with Crippen LogP contribution in [0.3, 0.4) is 0 Å². The number of hydrogen-bond acceptors (Lipinski definition) is 3. The van der Waals surface area contributed by atoms with Gasteiger partial charge >= 0.3 is 0 Å². The molecule has 0 amide bonds. The Kier molecular flexibility index (Phi) is 4.61. The van der Waals surface area contributed by atoms with Gasteiger partial charge in [0.25, 0.3) is 0 Å². The molecule has 0 aliphatic carbocycles. The Morgan fingerprint density at radius 3 is 2.56 bits per heavy atom. The average molecular weight is 267 g/mol. The second-order valence-corrected chi connectivity index (χ2v) is 5.35. The van der Waals surface area contributed by atoms with E-state index in [2.05, 4.69) is 6.07 Å². The van der Waals surface area contributed by atoms with Gasteiger partial charge in [-0.25, -0.2) is 0 Å². The van der Waals surface area contributed by atoms with E-state index in [9.17, 15) is 0 Å². The standard InChI is InChI=1S/C14H19ClN2O/c1-10-6-13(18-5)12(15)7-11(10)8-17(4)14(2,3)9-16/h6-7H,8H2,1-5H3. The van der Waals surface area contributed by atoms with Crippen LogP contribution in [-0.4, -0.2) is 24.6 Å². The number of benzene rings is 1. The van der Waals surface area contributed by atoms with Gasteiger partial charge in [-0.1, -0.05) is 11.6 Å². The van der Waals surface area contributed by atoms with E-state index in [0.717, 1.165) is 11.1 Å². The number of nitriles is 1. The third-order valence-electron chi connectivity index (χ3n) is 3.25. The summed E-state index contributed by atoms with van der Waals surface area (Å²) in [5.41, 5.74) is 1.71. The predicted molar refractivity (Wildman–Crippen MR) is 73.9 cm³/mol. The summed E-state index contributed by atoms with van der Waals surface area (Å²) in [6, 6.07) is 6.11. The summed E-state index contributed by atoms with van der Waals surface area (Å²) in [5.74, 6) is 0.681. The fourth-order valence-electron chi connectivity index (χ4n) is 1.56. The molecule has 0 aromatic heterocycles. The molecule has 0 bridgehead atoms. The van der Waals surface area contributed by atoms with Gasteiger partial charge < -0.3 is 4.74 Å². The van der Waals surface area contributed by atoms with Crippen LogP contribution in [0.15, 0.2) is 12.1 Å². The topological polar surface area (TPSA) is 36.3 Å². The number of ether oxygens (including phenoxy) is 1. The lowest BCUT2D eigenvalue weighted by Gasteiger charge is -2.29. The highest BCUT2D eigenvalue weighted by atomic mass is 35.5. The third kappa shape index (κ3) is 3.16. The minimum Gasteiger partial charge on any atom is -0.495 e. The monoisotopic (exact) mass is 266 g/mol. The molecule has 18 heavy (non-hydrogen) atoms. The Balaban J connectivity index is 3.00. The number of rotatable bonds is 4. The van der Waals surface area contributed by atoms with Crippen LogP contribution in [0, 0.1) is 18.3 Å². The van der Waals surface area contributed by atoms with Crippen molar-refractivity contribution < 1.29 is 4.74 Å². The number of halogens is 1. The minimum absolute atomic E-state index is 0.501. The molecular formula is C14H19ClN2O. The van der Waals surface area contributed by atoms with Crippen LogP contribution in [0.1, 0.15) is 25.0 Å². The van der Waals surface area contributed by atoms with E-state index < -0.39 is 5.54 Å². The van der Waals surface area contributed by atoms with Crippen molar-refractivity contribution in [2.24, 2.45) is 0 Å². The Morgan fingerprint density at radius 2 is 2.06 bits per heavy atom. The Morgan fingerprint density at radius 1 is 1.44 bits per heavy atom. The molecule has 1 aromatic rings. The van der Waals surface area contributed by atoms with Gasteiger partial charge in [0.05, 0.1) is 18.2 Å². The van der Waals surface area contributed by atoms with Gasteiger partial charge in [0.2, 0.25) is 0 Å². The maximum Gasteiger partial charge on any atom is 0.137 e. The highest BCUT2D eigenvalue weighted by Gasteiger charge is 2.23. The van der Waals surface area contributed by atoms with E-state index in [-0.39, 0.29) is 0 Å². The lowest BCUT2D eigenvalue weighted by molar-refractivity contribution is 0.202. The smallest absolute Gasteiger partial charge is 0.137 e. The predicted octanol–water partition coefficient (Wildman–Crippen LogP) is 3.39. The molecule has 0 spiro atoms. The van der Waals surface area contributed by atoms with Gasteiger partial charge in [0.15, 0.2) is 0 Å². The van der Waals surface area contributed by atoms with E-state index in [1.807, 2.05) is 44.9 Å². The van der Waals surface area contributed by atoms with Crippen molar-refractivity contribution in [2.75, 3.05) is 14.2 Å². The van der Waals surface area contributed by atoms with E-state index >= 15 is 0 Å². The first-order valence-corrected chi connectivity index (χ1v) is 6.15. The molecule has 3 nitrogen and oxygen atoms in total. The maximum atomic E-state index is 9.11. The molecule has 0 fully saturated rings. The maximum absolute atomic E-state index is 9.11. The SMILES string of the molecule is COc1cc(C)c(CN(C)C(C)(C)C#N)cc1Cl. The van der Waals surface area contributed by atoms with Crippen molar-refractivity contribution in [2.45, 2.75) is 32.9 Å². The van der Waals surface area contributed by atoms with Crippen LogP contribution >= 0.6 is 11.6 Å². The quantitative estimate of drug-likeness (QED) is 0.838. The summed E-state index contributed by atoms with van der Waals surface area (Å²) >= 11 is 6.12. The van der Waals surface area contributed by atoms with Gasteiger partial charge in [-0.15, -0.1) is 0 Å². The summed E-state index contributed by atoms with van der Waals surface area (Å²) in [6.45, 7) is 6.48. The van der Waals surface area contributed by atoms with Crippen molar-refractivity contribution in [1.29, 1.82) is 5.26 Å². The molecule has 0 heterocycles. The summed E-state index contributed by atoms with van der Waals surface area (Å²) in [7, 11) is 3.53. The largest absolute Gasteiger partial charge is 0.495 e. The van der Waals surface area contributed by atoms with Crippen LogP contribution in [-0.2, 0) is 6.54 Å². The molecule has 1 rings (SSSR count). The first kappa shape index (κ1) is 14.8. The van der Waals surface area contributed by atoms with Gasteiger partial charge in [0.1, 0.15) is 11.3 Å². The number of aryl methyl sites for hydroxylation is 1. The zero-order chi connectivity index (χ0) is 13.9. The van der Waals surface area contributed by atoms with E-state index in [1.165, 1.54) is 0 Å². The molecule has 98 valence electrons. The molecule has 4 heteroatoms. The lowest BCUT2D eigenvalue weighted by Crippen LogP contribution is -2.39. The molecular weight excluding hydrogens is 248 g/mol. The summed E-state index contributed by atoms with van der Waals surface area (Å²) in [5, 5.41) is 9.71. The molecule has 0 radical (unpaired) electrons. The molecule has 0 saturated heterocycles. The fraction of sp³-hybridized carbons (Fsp3) is 0.500. The van der Waals surface area contributed by atoms with E-state index in [1.54, 1.807) is 7.11 Å². The second-order valence-electron chi connectivity index (χ2n) is 4.94. The summed E-state index contributed by atoms with van der Waals surface area (Å²) in [6.07, 6.45) is 0. The first-order valence-electron chi connectivity index (χ1n) is 5.77. The molecule has 0 aliphatic rings. The Bertz CT molecular complexity index is 477. The van der Waals surface area contributed by atoms with Crippen LogP contribution in [0.5, 0.6) is 5.75 Å². The van der Waals surface area contributed by atoms with Gasteiger partial charge in [-0.3, -0.25) is 4.90 Å². The number of hydrogen-bond donors (Lipinski definition) is 0. The highest BCUT2D eigenvalue weighted by Crippen LogP contribution is 2.29. The molecule has 0 unspecified atom stereocenters. The van der Waals surface area contributed by atoms with Crippen LogP contribution in [0.4, 0.5) is 0 Å². The second kappa shape index (κ2) is 5.60. The lowest BCUT2D eigenvalue weighted by atomic mass is 10.0. The van der Waals surface area contributed by atoms with Crippen molar-refractivity contribution in [3.05, 3.63) is 28.3 Å². The molecule has 1 aromatic carbocycles. The molecule has 0 atom stereocenters. The van der Waals surface area contributed by atoms with Crippen molar-refractivity contribution in [3.63, 3.8) is 0 Å². The number of methoxy groups -OCH3 is 1. The van der Waals surface area contributed by atoms with Crippen molar-refractivity contribution in [1.82, 2.24) is 4.90 Å². The Labute approximate surface area is 114 Å². The third-order valence-corrected chi connectivity index (χ3v) is 3.54. The summed E-state index contributed by atoms with van der Waals surface area (Å²) in [4.78, 5) is 2.00. The highest BCUT2D eigenvalue weighted by molar-refractivity contribution is 6.32. The van der Waals surface area contributed by atoms with Gasteiger partial charge in [-0.05, 0) is 51.1 Å². The van der Waals surface area contributed by atoms with Crippen molar-refractivity contribution in [3.8, 4) is 11.8 Å². The zero-order valence-electron chi connectivity index (χ0n) is 11.5.